The Labute approximate surface area is 174 Å². The Morgan fingerprint density at radius 2 is 1.93 bits per heavy atom. The van der Waals surface area contributed by atoms with E-state index in [1.165, 1.54) is 0 Å². The molecule has 1 unspecified atom stereocenters. The number of amides is 1. The molecular weight excluding hydrogens is 380 g/mol. The minimum absolute atomic E-state index is 0.264. The third-order valence-electron chi connectivity index (χ3n) is 4.78. The Morgan fingerprint density at radius 1 is 1.20 bits per heavy atom. The van der Waals surface area contributed by atoms with Gasteiger partial charge in [0.2, 0.25) is 0 Å². The first-order valence-electron chi connectivity index (χ1n) is 9.68. The van der Waals surface area contributed by atoms with Gasteiger partial charge in [-0.25, -0.2) is 4.79 Å². The fraction of sp³-hybridized carbons (Fsp3) is 0.292. The van der Waals surface area contributed by atoms with Crippen LogP contribution in [0.3, 0.4) is 0 Å². The van der Waals surface area contributed by atoms with Crippen LogP contribution in [0.1, 0.15) is 37.9 Å². The molecule has 6 nitrogen and oxygen atoms in total. The number of carbonyl (C=O) groups is 1. The van der Waals surface area contributed by atoms with Crippen LogP contribution in [0.25, 0.3) is 10.8 Å². The summed E-state index contributed by atoms with van der Waals surface area (Å²) in [6.45, 7) is 5.64. The van der Waals surface area contributed by atoms with E-state index in [9.17, 15) is 14.7 Å². The fourth-order valence-electron chi connectivity index (χ4n) is 3.13. The van der Waals surface area contributed by atoms with Crippen molar-refractivity contribution >= 4 is 22.4 Å². The topological polar surface area (TPSA) is 92.4 Å². The molecule has 0 aliphatic heterocycles. The maximum Gasteiger partial charge on any atom is 0.366 e. The number of carbonyl (C=O) groups excluding carboxylic acids is 1. The molecule has 0 bridgehead atoms. The molecule has 2 aromatic carbocycles. The Hall–Kier alpha value is -3.43. The molecule has 3 aromatic rings. The lowest BCUT2D eigenvalue weighted by atomic mass is 9.83. The SMILES string of the molecule is Cc1noc(=O)c2ccc(NC(=O)C(O)CC(C)(C)CC#Cc3ccccc3)cc12. The molecule has 154 valence electrons. The summed E-state index contributed by atoms with van der Waals surface area (Å²) in [5.74, 6) is 5.72. The van der Waals surface area contributed by atoms with Crippen LogP contribution >= 0.6 is 0 Å². The molecule has 1 atom stereocenters. The summed E-state index contributed by atoms with van der Waals surface area (Å²) in [6, 6.07) is 14.5. The van der Waals surface area contributed by atoms with E-state index in [0.717, 1.165) is 5.56 Å². The number of hydrogen-bond donors (Lipinski definition) is 2. The van der Waals surface area contributed by atoms with Gasteiger partial charge >= 0.3 is 5.63 Å². The van der Waals surface area contributed by atoms with Gasteiger partial charge < -0.3 is 14.9 Å². The van der Waals surface area contributed by atoms with Crippen molar-refractivity contribution in [3.63, 3.8) is 0 Å². The van der Waals surface area contributed by atoms with Gasteiger partial charge in [-0.3, -0.25) is 4.79 Å². The molecule has 0 radical (unpaired) electrons. The molecule has 3 rings (SSSR count). The summed E-state index contributed by atoms with van der Waals surface area (Å²) in [5, 5.41) is 17.8. The largest absolute Gasteiger partial charge is 0.383 e. The lowest BCUT2D eigenvalue weighted by Gasteiger charge is -2.24. The first kappa shape index (κ1) is 21.3. The number of hydrogen-bond acceptors (Lipinski definition) is 5. The molecule has 0 saturated heterocycles. The van der Waals surface area contributed by atoms with Gasteiger partial charge in [-0.05, 0) is 49.1 Å². The molecule has 0 spiro atoms. The highest BCUT2D eigenvalue weighted by atomic mass is 16.5. The monoisotopic (exact) mass is 404 g/mol. The van der Waals surface area contributed by atoms with Gasteiger partial charge in [0.25, 0.3) is 5.91 Å². The average molecular weight is 404 g/mol. The van der Waals surface area contributed by atoms with Gasteiger partial charge in [0.1, 0.15) is 6.10 Å². The third kappa shape index (κ3) is 5.34. The molecule has 1 amide bonds. The lowest BCUT2D eigenvalue weighted by Crippen LogP contribution is -2.32. The summed E-state index contributed by atoms with van der Waals surface area (Å²) in [7, 11) is 0. The average Bonchev–Trinajstić information content (AvgIpc) is 2.71. The van der Waals surface area contributed by atoms with Crippen molar-refractivity contribution in [1.29, 1.82) is 0 Å². The van der Waals surface area contributed by atoms with Crippen molar-refractivity contribution in [2.75, 3.05) is 5.32 Å². The number of aromatic nitrogens is 1. The molecule has 1 heterocycles. The molecule has 6 heteroatoms. The second-order valence-electron chi connectivity index (χ2n) is 8.03. The molecule has 30 heavy (non-hydrogen) atoms. The van der Waals surface area contributed by atoms with E-state index in [-0.39, 0.29) is 11.8 Å². The summed E-state index contributed by atoms with van der Waals surface area (Å²) in [4.78, 5) is 24.2. The molecule has 0 saturated carbocycles. The number of aliphatic hydroxyl groups is 1. The Morgan fingerprint density at radius 3 is 2.67 bits per heavy atom. The maximum absolute atomic E-state index is 12.5. The van der Waals surface area contributed by atoms with Gasteiger partial charge in [0, 0.05) is 23.1 Å². The third-order valence-corrected chi connectivity index (χ3v) is 4.78. The molecule has 0 aliphatic rings. The van der Waals surface area contributed by atoms with E-state index in [1.54, 1.807) is 25.1 Å². The van der Waals surface area contributed by atoms with E-state index in [1.807, 2.05) is 44.2 Å². The fourth-order valence-corrected chi connectivity index (χ4v) is 3.13. The standard InChI is InChI=1S/C24H24N2O4/c1-16-20-14-18(11-12-19(20)23(29)30-26-16)25-22(28)21(27)15-24(2,3)13-7-10-17-8-5-4-6-9-17/h4-6,8-9,11-12,14,21,27H,13,15H2,1-3H3,(H,25,28). The number of nitrogens with zero attached hydrogens (tertiary/aromatic N) is 1. The van der Waals surface area contributed by atoms with Gasteiger partial charge in [0.15, 0.2) is 0 Å². The second kappa shape index (κ2) is 8.93. The van der Waals surface area contributed by atoms with Gasteiger partial charge in [-0.15, -0.1) is 0 Å². The van der Waals surface area contributed by atoms with Crippen LogP contribution in [0.4, 0.5) is 5.69 Å². The Balaban J connectivity index is 1.64. The van der Waals surface area contributed by atoms with Crippen LogP contribution in [0.2, 0.25) is 0 Å². The molecule has 2 N–H and O–H groups in total. The number of fused-ring (bicyclic) bond motifs is 1. The van der Waals surface area contributed by atoms with E-state index in [0.29, 0.717) is 28.6 Å². The number of nitrogens with one attached hydrogen (secondary N) is 1. The normalized spacial score (nSPS) is 12.1. The minimum atomic E-state index is -1.19. The van der Waals surface area contributed by atoms with E-state index in [4.69, 9.17) is 4.52 Å². The van der Waals surface area contributed by atoms with Gasteiger partial charge in [-0.2, -0.15) is 0 Å². The second-order valence-corrected chi connectivity index (χ2v) is 8.03. The van der Waals surface area contributed by atoms with Crippen LogP contribution in [-0.4, -0.2) is 22.3 Å². The van der Waals surface area contributed by atoms with Crippen LogP contribution in [-0.2, 0) is 4.79 Å². The van der Waals surface area contributed by atoms with E-state index < -0.39 is 17.6 Å². The zero-order valence-electron chi connectivity index (χ0n) is 17.2. The van der Waals surface area contributed by atoms with E-state index >= 15 is 0 Å². The molecule has 0 aliphatic carbocycles. The lowest BCUT2D eigenvalue weighted by molar-refractivity contribution is -0.125. The summed E-state index contributed by atoms with van der Waals surface area (Å²) in [5.41, 5.74) is 1.07. The number of aryl methyl sites for hydroxylation is 1. The van der Waals surface area contributed by atoms with Crippen molar-refractivity contribution in [3.8, 4) is 11.8 Å². The predicted octanol–water partition coefficient (Wildman–Crippen LogP) is 3.65. The minimum Gasteiger partial charge on any atom is -0.383 e. The van der Waals surface area contributed by atoms with Gasteiger partial charge in [-0.1, -0.05) is 49.0 Å². The predicted molar refractivity (Wildman–Crippen MR) is 116 cm³/mol. The summed E-state index contributed by atoms with van der Waals surface area (Å²) in [6.07, 6.45) is -0.377. The van der Waals surface area contributed by atoms with Gasteiger partial charge in [0.05, 0.1) is 11.1 Å². The highest BCUT2D eigenvalue weighted by molar-refractivity contribution is 5.96. The molecule has 1 aromatic heterocycles. The van der Waals surface area contributed by atoms with Crippen LogP contribution in [0, 0.1) is 24.2 Å². The Bertz CT molecular complexity index is 1170. The van der Waals surface area contributed by atoms with Crippen LogP contribution in [0.15, 0.2) is 57.8 Å². The number of aliphatic hydroxyl groups excluding tert-OH is 1. The summed E-state index contributed by atoms with van der Waals surface area (Å²) < 4.78 is 4.70. The first-order valence-corrected chi connectivity index (χ1v) is 9.68. The molecule has 0 fully saturated rings. The van der Waals surface area contributed by atoms with Crippen LogP contribution in [0.5, 0.6) is 0 Å². The highest BCUT2D eigenvalue weighted by Crippen LogP contribution is 2.27. The number of anilines is 1. The Kier molecular flexibility index (Phi) is 6.34. The van der Waals surface area contributed by atoms with Crippen molar-refractivity contribution in [2.45, 2.75) is 39.7 Å². The van der Waals surface area contributed by atoms with Crippen LogP contribution < -0.4 is 10.9 Å². The van der Waals surface area contributed by atoms with Crippen molar-refractivity contribution in [2.24, 2.45) is 5.41 Å². The van der Waals surface area contributed by atoms with Crippen molar-refractivity contribution in [3.05, 3.63) is 70.2 Å². The zero-order valence-corrected chi connectivity index (χ0v) is 17.2. The van der Waals surface area contributed by atoms with Crippen molar-refractivity contribution in [1.82, 2.24) is 5.16 Å². The maximum atomic E-state index is 12.5. The van der Waals surface area contributed by atoms with E-state index in [2.05, 4.69) is 22.3 Å². The summed E-state index contributed by atoms with van der Waals surface area (Å²) >= 11 is 0. The number of benzene rings is 2. The van der Waals surface area contributed by atoms with Crippen molar-refractivity contribution < 1.29 is 14.4 Å². The molecular formula is C24H24N2O4. The first-order chi connectivity index (χ1) is 14.2. The quantitative estimate of drug-likeness (QED) is 0.633. The highest BCUT2D eigenvalue weighted by Gasteiger charge is 2.26. The number of rotatable bonds is 5. The smallest absolute Gasteiger partial charge is 0.366 e. The zero-order chi connectivity index (χ0) is 21.7.